The monoisotopic (exact) mass is 266 g/mol. The first-order valence-electron chi connectivity index (χ1n) is 5.94. The normalized spacial score (nSPS) is 13.8. The molecule has 1 N–H and O–H groups in total. The lowest BCUT2D eigenvalue weighted by Crippen LogP contribution is -2.20. The van der Waals surface area contributed by atoms with Gasteiger partial charge in [0.05, 0.1) is 6.61 Å². The fraction of sp³-hybridized carbons (Fsp3) is 0.833. The predicted molar refractivity (Wildman–Crippen MR) is 74.6 cm³/mol. The zero-order valence-corrected chi connectivity index (χ0v) is 12.3. The Morgan fingerprint density at radius 1 is 1.06 bits per heavy atom. The largest absolute Gasteiger partial charge is 0.481 e. The van der Waals surface area contributed by atoms with E-state index in [2.05, 4.69) is 25.0 Å². The van der Waals surface area contributed by atoms with Crippen molar-refractivity contribution >= 4 is 21.1 Å². The lowest BCUT2D eigenvalue weighted by molar-refractivity contribution is -0.143. The molecule has 0 saturated heterocycles. The third kappa shape index (κ3) is 13.2. The smallest absolute Gasteiger partial charge is 0.305 e. The van der Waals surface area contributed by atoms with Crippen molar-refractivity contribution in [1.29, 1.82) is 0 Å². The van der Waals surface area contributed by atoms with Crippen LogP contribution < -0.4 is 0 Å². The number of aliphatic carboxylic acids is 1. The van der Waals surface area contributed by atoms with Crippen LogP contribution in [0.15, 0.2) is 0 Å². The Bertz CT molecular complexity index is 269. The van der Waals surface area contributed by atoms with E-state index in [4.69, 9.17) is 9.84 Å². The van der Waals surface area contributed by atoms with E-state index in [0.717, 1.165) is 5.75 Å². The number of thiol groups is 1. The molecule has 104 valence electrons. The van der Waals surface area contributed by atoms with Gasteiger partial charge < -0.3 is 9.84 Å². The van der Waals surface area contributed by atoms with E-state index in [1.807, 2.05) is 0 Å². The Labute approximate surface area is 104 Å². The highest BCUT2D eigenvalue weighted by Crippen LogP contribution is 2.54. The Hall–Kier alpha value is -0.710. The number of ether oxygens (including phenoxy) is 1. The summed E-state index contributed by atoms with van der Waals surface area (Å²) in [6.07, 6.45) is 10.5. The van der Waals surface area contributed by atoms with Gasteiger partial charge in [-0.3, -0.25) is 18.8 Å². The standard InChI is InChI=1S/C12H26O4S/c1-17(2,3,4)10-9-16-12(15)8-6-5-7-11(13)14/h17H,5-10H2,1-4H3,(H,13,14). The first kappa shape index (κ1) is 16.3. The first-order valence-corrected chi connectivity index (χ1v) is 10.1. The van der Waals surface area contributed by atoms with E-state index in [9.17, 15) is 9.59 Å². The molecule has 0 unspecified atom stereocenters. The molecule has 0 aromatic heterocycles. The Morgan fingerprint density at radius 3 is 2.06 bits per heavy atom. The predicted octanol–water partition coefficient (Wildman–Crippen LogP) is 1.77. The fourth-order valence-electron chi connectivity index (χ4n) is 1.14. The van der Waals surface area contributed by atoms with Crippen LogP contribution in [0.4, 0.5) is 0 Å². The van der Waals surface area contributed by atoms with Gasteiger partial charge in [-0.05, 0) is 43.6 Å². The Kier molecular flexibility index (Phi) is 6.02. The second kappa shape index (κ2) is 6.28. The van der Waals surface area contributed by atoms with Crippen molar-refractivity contribution < 1.29 is 19.4 Å². The Balaban J connectivity index is 3.58. The van der Waals surface area contributed by atoms with E-state index >= 15 is 0 Å². The first-order chi connectivity index (χ1) is 7.56. The van der Waals surface area contributed by atoms with Crippen LogP contribution in [0.3, 0.4) is 0 Å². The average molecular weight is 266 g/mol. The van der Waals surface area contributed by atoms with Crippen LogP contribution in [0.5, 0.6) is 0 Å². The fourth-order valence-corrected chi connectivity index (χ4v) is 1.96. The average Bonchev–Trinajstić information content (AvgIpc) is 2.08. The van der Waals surface area contributed by atoms with Crippen molar-refractivity contribution in [3.05, 3.63) is 0 Å². The molecule has 0 aromatic rings. The van der Waals surface area contributed by atoms with Crippen LogP contribution in [-0.2, 0) is 14.3 Å². The maximum Gasteiger partial charge on any atom is 0.305 e. The molecular weight excluding hydrogens is 240 g/mol. The summed E-state index contributed by atoms with van der Waals surface area (Å²) in [5, 5.41) is 8.43. The molecule has 4 nitrogen and oxygen atoms in total. The molecule has 0 fully saturated rings. The number of carbonyl (C=O) groups is 2. The lowest BCUT2D eigenvalue weighted by Gasteiger charge is -2.46. The van der Waals surface area contributed by atoms with Gasteiger partial charge in [0.2, 0.25) is 0 Å². The summed E-state index contributed by atoms with van der Waals surface area (Å²) in [5.74, 6) is -0.0904. The molecule has 0 bridgehead atoms. The molecule has 0 heterocycles. The van der Waals surface area contributed by atoms with Gasteiger partial charge in [-0.25, -0.2) is 0 Å². The van der Waals surface area contributed by atoms with Crippen molar-refractivity contribution in [2.24, 2.45) is 0 Å². The molecule has 0 saturated carbocycles. The number of carboxylic acid groups (broad SMARTS) is 1. The lowest BCUT2D eigenvalue weighted by atomic mass is 10.2. The molecule has 17 heavy (non-hydrogen) atoms. The van der Waals surface area contributed by atoms with Gasteiger partial charge in [-0.15, -0.1) is 0 Å². The van der Waals surface area contributed by atoms with Gasteiger partial charge in [0.1, 0.15) is 0 Å². The number of unbranched alkanes of at least 4 members (excludes halogenated alkanes) is 1. The van der Waals surface area contributed by atoms with Crippen molar-refractivity contribution in [1.82, 2.24) is 0 Å². The van der Waals surface area contributed by atoms with Crippen LogP contribution in [0.1, 0.15) is 25.7 Å². The molecule has 5 heteroatoms. The van der Waals surface area contributed by atoms with Crippen LogP contribution >= 0.6 is 9.16 Å². The minimum Gasteiger partial charge on any atom is -0.481 e. The maximum absolute atomic E-state index is 11.3. The second-order valence-corrected chi connectivity index (χ2v) is 14.8. The van der Waals surface area contributed by atoms with E-state index in [-0.39, 0.29) is 12.4 Å². The summed E-state index contributed by atoms with van der Waals surface area (Å²) in [7, 11) is -1.59. The SMILES string of the molecule is C[SH](C)(C)(C)CCOC(=O)CCCCC(=O)O. The summed E-state index contributed by atoms with van der Waals surface area (Å²) in [6.45, 7) is 0.482. The highest BCUT2D eigenvalue weighted by atomic mass is 32.3. The molecule has 0 rings (SSSR count). The topological polar surface area (TPSA) is 63.6 Å². The quantitative estimate of drug-likeness (QED) is 0.399. The molecule has 0 aromatic carbocycles. The van der Waals surface area contributed by atoms with Crippen LogP contribution in [0.25, 0.3) is 0 Å². The molecular formula is C12H26O4S. The minimum atomic E-state index is -1.59. The van der Waals surface area contributed by atoms with Crippen LogP contribution in [0, 0.1) is 0 Å². The van der Waals surface area contributed by atoms with Gasteiger partial charge in [0.15, 0.2) is 0 Å². The highest BCUT2D eigenvalue weighted by Gasteiger charge is 2.18. The molecule has 0 radical (unpaired) electrons. The van der Waals surface area contributed by atoms with Crippen molar-refractivity contribution in [3.63, 3.8) is 0 Å². The number of carboxylic acids is 1. The van der Waals surface area contributed by atoms with Gasteiger partial charge in [-0.2, -0.15) is 0 Å². The molecule has 0 aliphatic heterocycles. The maximum atomic E-state index is 11.3. The van der Waals surface area contributed by atoms with Gasteiger partial charge in [-0.1, -0.05) is 0 Å². The van der Waals surface area contributed by atoms with E-state index in [1.165, 1.54) is 0 Å². The van der Waals surface area contributed by atoms with Gasteiger partial charge >= 0.3 is 11.9 Å². The summed E-state index contributed by atoms with van der Waals surface area (Å²) in [5.41, 5.74) is 0. The van der Waals surface area contributed by atoms with Crippen molar-refractivity contribution in [3.8, 4) is 0 Å². The molecule has 0 spiro atoms. The van der Waals surface area contributed by atoms with Gasteiger partial charge in [0, 0.05) is 12.8 Å². The van der Waals surface area contributed by atoms with E-state index in [0.29, 0.717) is 25.9 Å². The third-order valence-electron chi connectivity index (χ3n) is 2.27. The number of esters is 1. The highest BCUT2D eigenvalue weighted by molar-refractivity contribution is 8.47. The Morgan fingerprint density at radius 2 is 1.59 bits per heavy atom. The number of carbonyl (C=O) groups excluding carboxylic acids is 1. The summed E-state index contributed by atoms with van der Waals surface area (Å²) >= 11 is 0. The third-order valence-corrected chi connectivity index (χ3v) is 4.24. The summed E-state index contributed by atoms with van der Waals surface area (Å²) < 4.78 is 5.14. The van der Waals surface area contributed by atoms with Crippen LogP contribution in [0.2, 0.25) is 0 Å². The second-order valence-electron chi connectivity index (χ2n) is 6.49. The van der Waals surface area contributed by atoms with Crippen LogP contribution in [-0.4, -0.2) is 54.4 Å². The number of rotatable bonds is 8. The number of hydrogen-bond donors (Lipinski definition) is 2. The molecule has 0 aliphatic rings. The molecule has 0 amide bonds. The molecule has 0 atom stereocenters. The molecule has 0 aliphatic carbocycles. The van der Waals surface area contributed by atoms with E-state index < -0.39 is 15.1 Å². The zero-order chi connectivity index (χ0) is 13.6. The van der Waals surface area contributed by atoms with E-state index in [1.54, 1.807) is 0 Å². The minimum absolute atomic E-state index is 0.123. The number of hydrogen-bond acceptors (Lipinski definition) is 3. The van der Waals surface area contributed by atoms with Crippen molar-refractivity contribution in [2.75, 3.05) is 37.4 Å². The summed E-state index contributed by atoms with van der Waals surface area (Å²) in [4.78, 5) is 21.6. The van der Waals surface area contributed by atoms with Crippen molar-refractivity contribution in [2.45, 2.75) is 25.7 Å². The van der Waals surface area contributed by atoms with Gasteiger partial charge in [0.25, 0.3) is 0 Å². The summed E-state index contributed by atoms with van der Waals surface area (Å²) in [6, 6.07) is 0. The zero-order valence-electron chi connectivity index (χ0n) is 11.4.